The predicted octanol–water partition coefficient (Wildman–Crippen LogP) is 0.696. The number of fused-ring (bicyclic) bond motifs is 1. The van der Waals surface area contributed by atoms with Crippen LogP contribution in [0.2, 0.25) is 5.15 Å². The smallest absolute Gasteiger partial charge is 0.262 e. The van der Waals surface area contributed by atoms with Crippen molar-refractivity contribution in [2.45, 2.75) is 5.03 Å². The summed E-state index contributed by atoms with van der Waals surface area (Å²) in [4.78, 5) is 17.0. The Bertz CT molecular complexity index is 785. The van der Waals surface area contributed by atoms with Crippen molar-refractivity contribution in [1.29, 1.82) is 0 Å². The second-order valence-electron chi connectivity index (χ2n) is 4.69. The van der Waals surface area contributed by atoms with Crippen LogP contribution in [0.3, 0.4) is 0 Å². The molecule has 0 spiro atoms. The number of hydrogen-bond acceptors (Lipinski definition) is 4. The number of halogens is 1. The number of imidazole rings is 1. The number of aromatic nitrogens is 2. The lowest BCUT2D eigenvalue weighted by Crippen LogP contribution is -2.38. The minimum atomic E-state index is -3.93. The summed E-state index contributed by atoms with van der Waals surface area (Å²) in [7, 11) is 0.521. The lowest BCUT2D eigenvalue weighted by molar-refractivity contribution is -0.128. The highest BCUT2D eigenvalue weighted by molar-refractivity contribution is 7.89. The fourth-order valence-corrected chi connectivity index (χ4v) is 3.45. The van der Waals surface area contributed by atoms with Gasteiger partial charge in [0, 0.05) is 27.3 Å². The highest BCUT2D eigenvalue weighted by Crippen LogP contribution is 2.24. The SMILES string of the molecule is CN(C)C(=O)CN(C)S(=O)(=O)c1c(Cl)nc2ccccn12. The third kappa shape index (κ3) is 2.87. The minimum Gasteiger partial charge on any atom is -0.348 e. The van der Waals surface area contributed by atoms with Gasteiger partial charge in [-0.15, -0.1) is 0 Å². The molecule has 0 atom stereocenters. The van der Waals surface area contributed by atoms with Gasteiger partial charge < -0.3 is 4.90 Å². The monoisotopic (exact) mass is 330 g/mol. The maximum atomic E-state index is 12.6. The van der Waals surface area contributed by atoms with E-state index in [1.54, 1.807) is 38.5 Å². The van der Waals surface area contributed by atoms with E-state index in [0.29, 0.717) is 5.65 Å². The quantitative estimate of drug-likeness (QED) is 0.827. The average Bonchev–Trinajstić information content (AvgIpc) is 2.74. The van der Waals surface area contributed by atoms with Crippen molar-refractivity contribution in [1.82, 2.24) is 18.6 Å². The van der Waals surface area contributed by atoms with Crippen LogP contribution in [-0.2, 0) is 14.8 Å². The van der Waals surface area contributed by atoms with Gasteiger partial charge in [-0.2, -0.15) is 4.31 Å². The normalized spacial score (nSPS) is 12.0. The fourth-order valence-electron chi connectivity index (χ4n) is 1.74. The molecule has 9 heteroatoms. The summed E-state index contributed by atoms with van der Waals surface area (Å²) in [5, 5.41) is -0.265. The largest absolute Gasteiger partial charge is 0.348 e. The summed E-state index contributed by atoms with van der Waals surface area (Å²) in [6, 6.07) is 5.05. The first kappa shape index (κ1) is 15.7. The lowest BCUT2D eigenvalue weighted by atomic mass is 10.5. The van der Waals surface area contributed by atoms with E-state index < -0.39 is 10.0 Å². The highest BCUT2D eigenvalue weighted by Gasteiger charge is 2.30. The molecule has 21 heavy (non-hydrogen) atoms. The Labute approximate surface area is 127 Å². The molecule has 0 unspecified atom stereocenters. The maximum absolute atomic E-state index is 12.6. The summed E-state index contributed by atoms with van der Waals surface area (Å²) in [5.41, 5.74) is 0.424. The number of carbonyl (C=O) groups is 1. The molecule has 7 nitrogen and oxygen atoms in total. The molecule has 0 bridgehead atoms. The van der Waals surface area contributed by atoms with Gasteiger partial charge in [-0.3, -0.25) is 9.20 Å². The molecule has 0 saturated carbocycles. The molecule has 0 N–H and O–H groups in total. The van der Waals surface area contributed by atoms with Gasteiger partial charge in [0.2, 0.25) is 5.91 Å². The van der Waals surface area contributed by atoms with Crippen molar-refractivity contribution in [2.24, 2.45) is 0 Å². The van der Waals surface area contributed by atoms with Crippen LogP contribution in [0.15, 0.2) is 29.4 Å². The number of hydrogen-bond donors (Lipinski definition) is 0. The van der Waals surface area contributed by atoms with E-state index in [2.05, 4.69) is 4.98 Å². The molecule has 0 radical (unpaired) electrons. The molecule has 1 amide bonds. The molecule has 0 fully saturated rings. The number of nitrogens with zero attached hydrogens (tertiary/aromatic N) is 4. The van der Waals surface area contributed by atoms with Gasteiger partial charge in [0.15, 0.2) is 10.2 Å². The third-order valence-corrected chi connectivity index (χ3v) is 5.16. The average molecular weight is 331 g/mol. The van der Waals surface area contributed by atoms with Gasteiger partial charge in [-0.1, -0.05) is 17.7 Å². The van der Waals surface area contributed by atoms with Crippen LogP contribution >= 0.6 is 11.6 Å². The second kappa shape index (κ2) is 5.63. The van der Waals surface area contributed by atoms with E-state index in [0.717, 1.165) is 4.31 Å². The number of likely N-dealkylation sites (N-methyl/N-ethyl adjacent to an activating group) is 2. The van der Waals surface area contributed by atoms with Crippen LogP contribution in [0, 0.1) is 0 Å². The molecule has 0 aromatic carbocycles. The zero-order valence-corrected chi connectivity index (χ0v) is 13.4. The molecule has 2 aromatic heterocycles. The topological polar surface area (TPSA) is 75.0 Å². The Morgan fingerprint density at radius 1 is 1.33 bits per heavy atom. The standard InChI is InChI=1S/C12H15ClN4O3S/c1-15(2)10(18)8-16(3)21(19,20)12-11(13)14-9-6-4-5-7-17(9)12/h4-7H,8H2,1-3H3. The first-order valence-corrected chi connectivity index (χ1v) is 7.86. The first-order chi connectivity index (χ1) is 9.75. The van der Waals surface area contributed by atoms with Crippen LogP contribution in [-0.4, -0.2) is 60.6 Å². The highest BCUT2D eigenvalue weighted by atomic mass is 35.5. The van der Waals surface area contributed by atoms with E-state index in [1.807, 2.05) is 0 Å². The molecule has 0 aliphatic carbocycles. The van der Waals surface area contributed by atoms with E-state index in [1.165, 1.54) is 16.3 Å². The summed E-state index contributed by atoms with van der Waals surface area (Å²) in [6.45, 7) is -0.272. The molecule has 0 saturated heterocycles. The zero-order chi connectivity index (χ0) is 15.8. The van der Waals surface area contributed by atoms with Gasteiger partial charge >= 0.3 is 0 Å². The number of sulfonamides is 1. The van der Waals surface area contributed by atoms with E-state index in [-0.39, 0.29) is 22.6 Å². The van der Waals surface area contributed by atoms with Crippen LogP contribution in [0.5, 0.6) is 0 Å². The Morgan fingerprint density at radius 3 is 2.62 bits per heavy atom. The Kier molecular flexibility index (Phi) is 4.22. The summed E-state index contributed by atoms with van der Waals surface area (Å²) < 4.78 is 27.5. The van der Waals surface area contributed by atoms with Gasteiger partial charge in [0.1, 0.15) is 5.65 Å². The molecule has 0 aliphatic rings. The van der Waals surface area contributed by atoms with E-state index in [4.69, 9.17) is 11.6 Å². The van der Waals surface area contributed by atoms with Gasteiger partial charge in [-0.05, 0) is 12.1 Å². The van der Waals surface area contributed by atoms with Crippen molar-refractivity contribution in [2.75, 3.05) is 27.7 Å². The molecule has 2 rings (SSSR count). The Morgan fingerprint density at radius 2 is 2.00 bits per heavy atom. The van der Waals surface area contributed by atoms with Gasteiger partial charge in [0.25, 0.3) is 10.0 Å². The molecular formula is C12H15ClN4O3S. The Balaban J connectivity index is 2.47. The van der Waals surface area contributed by atoms with Crippen molar-refractivity contribution in [3.05, 3.63) is 29.5 Å². The number of carbonyl (C=O) groups excluding carboxylic acids is 1. The Hall–Kier alpha value is -1.64. The fraction of sp³-hybridized carbons (Fsp3) is 0.333. The second-order valence-corrected chi connectivity index (χ2v) is 7.00. The lowest BCUT2D eigenvalue weighted by Gasteiger charge is -2.18. The number of amides is 1. The van der Waals surface area contributed by atoms with Crippen molar-refractivity contribution < 1.29 is 13.2 Å². The maximum Gasteiger partial charge on any atom is 0.262 e. The summed E-state index contributed by atoms with van der Waals surface area (Å²) >= 11 is 5.96. The number of rotatable bonds is 4. The van der Waals surface area contributed by atoms with Crippen LogP contribution in [0.4, 0.5) is 0 Å². The zero-order valence-electron chi connectivity index (χ0n) is 11.8. The van der Waals surface area contributed by atoms with E-state index >= 15 is 0 Å². The summed E-state index contributed by atoms with van der Waals surface area (Å²) in [6.07, 6.45) is 1.56. The van der Waals surface area contributed by atoms with Crippen molar-refractivity contribution in [3.8, 4) is 0 Å². The molecule has 2 heterocycles. The molecule has 114 valence electrons. The summed E-state index contributed by atoms with van der Waals surface area (Å²) in [5.74, 6) is -0.328. The third-order valence-electron chi connectivity index (χ3n) is 2.96. The van der Waals surface area contributed by atoms with Gasteiger partial charge in [0.05, 0.1) is 6.54 Å². The van der Waals surface area contributed by atoms with Crippen LogP contribution in [0.25, 0.3) is 5.65 Å². The van der Waals surface area contributed by atoms with E-state index in [9.17, 15) is 13.2 Å². The predicted molar refractivity (Wildman–Crippen MR) is 78.7 cm³/mol. The minimum absolute atomic E-state index is 0.120. The van der Waals surface area contributed by atoms with Gasteiger partial charge in [-0.25, -0.2) is 13.4 Å². The molecule has 2 aromatic rings. The first-order valence-electron chi connectivity index (χ1n) is 6.04. The molecule has 0 aliphatic heterocycles. The van der Waals surface area contributed by atoms with Crippen LogP contribution < -0.4 is 0 Å². The van der Waals surface area contributed by atoms with Crippen LogP contribution in [0.1, 0.15) is 0 Å². The number of pyridine rings is 1. The van der Waals surface area contributed by atoms with Crippen molar-refractivity contribution >= 4 is 33.2 Å². The molecular weight excluding hydrogens is 316 g/mol. The van der Waals surface area contributed by atoms with Crippen molar-refractivity contribution in [3.63, 3.8) is 0 Å².